The Morgan fingerprint density at radius 3 is 2.85 bits per heavy atom. The van der Waals surface area contributed by atoms with E-state index in [4.69, 9.17) is 9.72 Å². The Labute approximate surface area is 116 Å². The zero-order valence-corrected chi connectivity index (χ0v) is 11.1. The first kappa shape index (κ1) is 11.7. The number of hydrogen-bond acceptors (Lipinski definition) is 3. The molecule has 4 nitrogen and oxygen atoms in total. The molecule has 1 saturated heterocycles. The molecule has 0 spiro atoms. The Morgan fingerprint density at radius 1 is 1.20 bits per heavy atom. The summed E-state index contributed by atoms with van der Waals surface area (Å²) in [5.41, 5.74) is 1.60. The molecular weight excluding hydrogens is 252 g/mol. The zero-order chi connectivity index (χ0) is 13.5. The average molecular weight is 268 g/mol. The second-order valence-corrected chi connectivity index (χ2v) is 5.35. The van der Waals surface area contributed by atoms with Gasteiger partial charge in [0.2, 0.25) is 0 Å². The summed E-state index contributed by atoms with van der Waals surface area (Å²) in [7, 11) is 0. The highest BCUT2D eigenvalue weighted by atomic mass is 16.5. The number of phenols is 1. The van der Waals surface area contributed by atoms with Gasteiger partial charge < -0.3 is 14.8 Å². The van der Waals surface area contributed by atoms with Gasteiger partial charge in [-0.1, -0.05) is 24.3 Å². The molecule has 0 radical (unpaired) electrons. The Kier molecular flexibility index (Phi) is 2.63. The van der Waals surface area contributed by atoms with Gasteiger partial charge >= 0.3 is 0 Å². The quantitative estimate of drug-likeness (QED) is 0.711. The molecule has 0 bridgehead atoms. The third kappa shape index (κ3) is 1.76. The lowest BCUT2D eigenvalue weighted by atomic mass is 10.00. The van der Waals surface area contributed by atoms with Crippen molar-refractivity contribution in [3.05, 3.63) is 36.2 Å². The van der Waals surface area contributed by atoms with Crippen LogP contribution in [0.3, 0.4) is 0 Å². The molecular formula is C16H16N2O2. The summed E-state index contributed by atoms with van der Waals surface area (Å²) >= 11 is 0. The Bertz CT molecular complexity index is 773. The van der Waals surface area contributed by atoms with Crippen LogP contribution in [0.25, 0.3) is 21.8 Å². The van der Waals surface area contributed by atoms with Crippen LogP contribution in [0.15, 0.2) is 30.3 Å². The van der Waals surface area contributed by atoms with E-state index in [1.807, 2.05) is 24.3 Å². The van der Waals surface area contributed by atoms with Gasteiger partial charge in [0, 0.05) is 24.5 Å². The maximum atomic E-state index is 10.2. The van der Waals surface area contributed by atoms with Crippen LogP contribution < -0.4 is 0 Å². The number of hydrogen-bond donors (Lipinski definition) is 2. The standard InChI is InChI=1S/C16H16N2O2/c19-13-9-11-3-1-2-4-12(11)14-15(13)18-16(17-14)10-5-7-20-8-6-10/h1-4,9-10,19H,5-8H2,(H,17,18). The summed E-state index contributed by atoms with van der Waals surface area (Å²) in [6.07, 6.45) is 1.97. The fourth-order valence-electron chi connectivity index (χ4n) is 2.99. The van der Waals surface area contributed by atoms with Gasteiger partial charge in [0.05, 0.1) is 0 Å². The van der Waals surface area contributed by atoms with Gasteiger partial charge in [0.1, 0.15) is 22.6 Å². The predicted molar refractivity (Wildman–Crippen MR) is 78.1 cm³/mol. The van der Waals surface area contributed by atoms with Crippen LogP contribution in [0.5, 0.6) is 5.75 Å². The normalized spacial score (nSPS) is 17.0. The number of nitrogens with zero attached hydrogens (tertiary/aromatic N) is 1. The molecule has 2 N–H and O–H groups in total. The summed E-state index contributed by atoms with van der Waals surface area (Å²) in [6, 6.07) is 9.81. The van der Waals surface area contributed by atoms with Gasteiger partial charge in [0.15, 0.2) is 0 Å². The predicted octanol–water partition coefficient (Wildman–Crippen LogP) is 3.32. The first-order chi connectivity index (χ1) is 9.83. The van der Waals surface area contributed by atoms with Crippen molar-refractivity contribution in [3.8, 4) is 5.75 Å². The van der Waals surface area contributed by atoms with Gasteiger partial charge in [-0.05, 0) is 24.3 Å². The van der Waals surface area contributed by atoms with E-state index in [-0.39, 0.29) is 5.75 Å². The van der Waals surface area contributed by atoms with Crippen LogP contribution in [-0.4, -0.2) is 28.3 Å². The third-order valence-corrected chi connectivity index (χ3v) is 4.09. The largest absolute Gasteiger partial charge is 0.506 e. The average Bonchev–Trinajstić information content (AvgIpc) is 2.94. The molecule has 0 amide bonds. The first-order valence-electron chi connectivity index (χ1n) is 7.01. The highest BCUT2D eigenvalue weighted by Crippen LogP contribution is 2.34. The molecule has 4 rings (SSSR count). The van der Waals surface area contributed by atoms with Gasteiger partial charge in [0.25, 0.3) is 0 Å². The second kappa shape index (κ2) is 4.49. The first-order valence-corrected chi connectivity index (χ1v) is 7.01. The Morgan fingerprint density at radius 2 is 2.00 bits per heavy atom. The van der Waals surface area contributed by atoms with Gasteiger partial charge in [-0.2, -0.15) is 0 Å². The van der Waals surface area contributed by atoms with Crippen molar-refractivity contribution in [2.75, 3.05) is 13.2 Å². The number of aromatic amines is 1. The minimum absolute atomic E-state index is 0.268. The molecule has 1 aliphatic rings. The van der Waals surface area contributed by atoms with E-state index < -0.39 is 0 Å². The van der Waals surface area contributed by atoms with E-state index in [0.717, 1.165) is 53.7 Å². The van der Waals surface area contributed by atoms with E-state index in [1.54, 1.807) is 6.07 Å². The molecule has 4 heteroatoms. The van der Waals surface area contributed by atoms with Crippen LogP contribution in [0.4, 0.5) is 0 Å². The van der Waals surface area contributed by atoms with Crippen molar-refractivity contribution in [1.82, 2.24) is 9.97 Å². The highest BCUT2D eigenvalue weighted by molar-refractivity contribution is 6.06. The van der Waals surface area contributed by atoms with Crippen molar-refractivity contribution >= 4 is 21.8 Å². The molecule has 0 saturated carbocycles. The number of phenolic OH excluding ortho intramolecular Hbond substituents is 1. The van der Waals surface area contributed by atoms with Crippen molar-refractivity contribution in [1.29, 1.82) is 0 Å². The van der Waals surface area contributed by atoms with E-state index in [9.17, 15) is 5.11 Å². The Balaban J connectivity index is 1.93. The number of aromatic hydroxyl groups is 1. The molecule has 1 fully saturated rings. The SMILES string of the molecule is Oc1cc2ccccc2c2nc(C3CCOCC3)[nH]c12. The second-order valence-electron chi connectivity index (χ2n) is 5.35. The van der Waals surface area contributed by atoms with Crippen molar-refractivity contribution < 1.29 is 9.84 Å². The lowest BCUT2D eigenvalue weighted by molar-refractivity contribution is 0.0838. The molecule has 2 heterocycles. The number of benzene rings is 2. The van der Waals surface area contributed by atoms with Crippen LogP contribution in [0.2, 0.25) is 0 Å². The van der Waals surface area contributed by atoms with Gasteiger partial charge in [-0.25, -0.2) is 4.98 Å². The number of ether oxygens (including phenoxy) is 1. The van der Waals surface area contributed by atoms with Crippen LogP contribution in [0.1, 0.15) is 24.6 Å². The number of imidazole rings is 1. The molecule has 1 aromatic heterocycles. The number of rotatable bonds is 1. The Hall–Kier alpha value is -2.07. The summed E-state index contributed by atoms with van der Waals surface area (Å²) in [4.78, 5) is 8.06. The summed E-state index contributed by atoms with van der Waals surface area (Å²) in [5, 5.41) is 12.3. The van der Waals surface area contributed by atoms with Gasteiger partial charge in [-0.3, -0.25) is 0 Å². The summed E-state index contributed by atoms with van der Waals surface area (Å²) in [5.74, 6) is 1.63. The topological polar surface area (TPSA) is 58.1 Å². The summed E-state index contributed by atoms with van der Waals surface area (Å²) in [6.45, 7) is 1.57. The minimum atomic E-state index is 0.268. The minimum Gasteiger partial charge on any atom is -0.506 e. The molecule has 0 atom stereocenters. The van der Waals surface area contributed by atoms with E-state index >= 15 is 0 Å². The summed E-state index contributed by atoms with van der Waals surface area (Å²) < 4.78 is 5.40. The molecule has 0 aliphatic carbocycles. The van der Waals surface area contributed by atoms with Gasteiger partial charge in [-0.15, -0.1) is 0 Å². The van der Waals surface area contributed by atoms with Crippen molar-refractivity contribution in [2.45, 2.75) is 18.8 Å². The molecule has 20 heavy (non-hydrogen) atoms. The zero-order valence-electron chi connectivity index (χ0n) is 11.1. The number of fused-ring (bicyclic) bond motifs is 3. The molecule has 102 valence electrons. The smallest absolute Gasteiger partial charge is 0.141 e. The van der Waals surface area contributed by atoms with E-state index in [0.29, 0.717) is 5.92 Å². The molecule has 1 aliphatic heterocycles. The number of aromatic nitrogens is 2. The molecule has 0 unspecified atom stereocenters. The number of H-pyrrole nitrogens is 1. The lowest BCUT2D eigenvalue weighted by Crippen LogP contribution is -2.15. The lowest BCUT2D eigenvalue weighted by Gasteiger charge is -2.19. The van der Waals surface area contributed by atoms with E-state index in [1.165, 1.54) is 0 Å². The fourth-order valence-corrected chi connectivity index (χ4v) is 2.99. The van der Waals surface area contributed by atoms with E-state index in [2.05, 4.69) is 4.98 Å². The van der Waals surface area contributed by atoms with Crippen LogP contribution >= 0.6 is 0 Å². The highest BCUT2D eigenvalue weighted by Gasteiger charge is 2.20. The van der Waals surface area contributed by atoms with Crippen LogP contribution in [0, 0.1) is 0 Å². The molecule has 3 aromatic rings. The van der Waals surface area contributed by atoms with Crippen LogP contribution in [-0.2, 0) is 4.74 Å². The fraction of sp³-hybridized carbons (Fsp3) is 0.312. The maximum absolute atomic E-state index is 10.2. The molecule has 2 aromatic carbocycles. The number of nitrogens with one attached hydrogen (secondary N) is 1. The van der Waals surface area contributed by atoms with Crippen molar-refractivity contribution in [2.24, 2.45) is 0 Å². The monoisotopic (exact) mass is 268 g/mol. The maximum Gasteiger partial charge on any atom is 0.141 e. The third-order valence-electron chi connectivity index (χ3n) is 4.09. The van der Waals surface area contributed by atoms with Crippen molar-refractivity contribution in [3.63, 3.8) is 0 Å².